The van der Waals surface area contributed by atoms with Crippen molar-refractivity contribution in [1.29, 1.82) is 0 Å². The van der Waals surface area contributed by atoms with Crippen LogP contribution in [0.3, 0.4) is 0 Å². The van der Waals surface area contributed by atoms with Gasteiger partial charge in [-0.05, 0) is 37.8 Å². The van der Waals surface area contributed by atoms with E-state index in [-0.39, 0.29) is 0 Å². The van der Waals surface area contributed by atoms with Crippen LogP contribution < -0.4 is 10.2 Å². The summed E-state index contributed by atoms with van der Waals surface area (Å²) in [6.07, 6.45) is 3.42. The maximum Gasteiger partial charge on any atom is 0.228 e. The highest BCUT2D eigenvalue weighted by molar-refractivity contribution is 7.18. The van der Waals surface area contributed by atoms with Gasteiger partial charge in [-0.3, -0.25) is 0 Å². The van der Waals surface area contributed by atoms with Crippen LogP contribution in [-0.4, -0.2) is 29.6 Å². The van der Waals surface area contributed by atoms with Gasteiger partial charge in [0.05, 0.1) is 5.39 Å². The highest BCUT2D eigenvalue weighted by Crippen LogP contribution is 2.31. The third-order valence-corrected chi connectivity index (χ3v) is 5.36. The predicted octanol–water partition coefficient (Wildman–Crippen LogP) is 4.25. The second kappa shape index (κ2) is 6.77. The topological polar surface area (TPSA) is 41.1 Å². The molecule has 1 saturated heterocycles. The Hall–Kier alpha value is -2.14. The zero-order valence-corrected chi connectivity index (χ0v) is 14.8. The Bertz CT molecular complexity index is 824. The molecule has 0 aliphatic carbocycles. The molecule has 1 fully saturated rings. The molecule has 1 aliphatic rings. The number of aromatic nitrogens is 2. The summed E-state index contributed by atoms with van der Waals surface area (Å²) in [5, 5.41) is 4.70. The largest absolute Gasteiger partial charge is 0.369 e. The minimum atomic E-state index is 0.876. The van der Waals surface area contributed by atoms with Crippen molar-refractivity contribution < 1.29 is 0 Å². The molecule has 0 atom stereocenters. The van der Waals surface area contributed by atoms with Crippen LogP contribution in [0.15, 0.2) is 36.4 Å². The average molecular weight is 338 g/mol. The summed E-state index contributed by atoms with van der Waals surface area (Å²) in [6.45, 7) is 5.21. The third-order valence-electron chi connectivity index (χ3n) is 4.42. The van der Waals surface area contributed by atoms with E-state index >= 15 is 0 Å². The van der Waals surface area contributed by atoms with Gasteiger partial charge in [0.25, 0.3) is 0 Å². The molecule has 0 bridgehead atoms. The maximum absolute atomic E-state index is 4.79. The third kappa shape index (κ3) is 3.22. The van der Waals surface area contributed by atoms with Crippen molar-refractivity contribution in [3.8, 4) is 0 Å². The predicted molar refractivity (Wildman–Crippen MR) is 102 cm³/mol. The zero-order chi connectivity index (χ0) is 16.4. The molecule has 4 rings (SSSR count). The summed E-state index contributed by atoms with van der Waals surface area (Å²) in [6, 6.07) is 12.8. The highest BCUT2D eigenvalue weighted by atomic mass is 32.1. The normalized spacial score (nSPS) is 14.0. The fourth-order valence-electron chi connectivity index (χ4n) is 2.97. The second-order valence-corrected chi connectivity index (χ2v) is 7.54. The monoisotopic (exact) mass is 338 g/mol. The van der Waals surface area contributed by atoms with Gasteiger partial charge in [-0.2, -0.15) is 4.98 Å². The minimum absolute atomic E-state index is 0.876. The fourth-order valence-corrected chi connectivity index (χ4v) is 3.84. The quantitative estimate of drug-likeness (QED) is 0.682. The van der Waals surface area contributed by atoms with E-state index in [0.717, 1.165) is 54.5 Å². The van der Waals surface area contributed by atoms with Gasteiger partial charge >= 0.3 is 0 Å². The van der Waals surface area contributed by atoms with Gasteiger partial charge in [0.1, 0.15) is 10.6 Å². The molecule has 5 heteroatoms. The standard InChI is InChI=1S/C19H22N4S/c1-14-13-16-17(20-10-5-9-15-7-3-2-4-8-15)21-19(22-18(16)24-14)23-11-6-12-23/h2-4,7-8,13H,5-6,9-12H2,1H3,(H,20,21,22). The van der Waals surface area contributed by atoms with Crippen LogP contribution in [0.4, 0.5) is 11.8 Å². The fraction of sp³-hybridized carbons (Fsp3) is 0.368. The van der Waals surface area contributed by atoms with Crippen molar-refractivity contribution in [2.75, 3.05) is 29.9 Å². The first-order valence-corrected chi connectivity index (χ1v) is 9.42. The van der Waals surface area contributed by atoms with E-state index in [1.807, 2.05) is 0 Å². The summed E-state index contributed by atoms with van der Waals surface area (Å²) in [4.78, 5) is 14.2. The van der Waals surface area contributed by atoms with Gasteiger partial charge in [0.2, 0.25) is 5.95 Å². The van der Waals surface area contributed by atoms with Gasteiger partial charge in [-0.1, -0.05) is 30.3 Å². The van der Waals surface area contributed by atoms with Crippen LogP contribution in [0.5, 0.6) is 0 Å². The highest BCUT2D eigenvalue weighted by Gasteiger charge is 2.20. The van der Waals surface area contributed by atoms with Crippen LogP contribution in [0.25, 0.3) is 10.2 Å². The molecule has 1 N–H and O–H groups in total. The minimum Gasteiger partial charge on any atom is -0.369 e. The molecular weight excluding hydrogens is 316 g/mol. The lowest BCUT2D eigenvalue weighted by Crippen LogP contribution is -2.38. The molecule has 2 aromatic heterocycles. The summed E-state index contributed by atoms with van der Waals surface area (Å²) in [7, 11) is 0. The summed E-state index contributed by atoms with van der Waals surface area (Å²) in [5.74, 6) is 1.86. The van der Waals surface area contributed by atoms with Crippen molar-refractivity contribution in [3.63, 3.8) is 0 Å². The van der Waals surface area contributed by atoms with E-state index in [4.69, 9.17) is 9.97 Å². The SMILES string of the molecule is Cc1cc2c(NCCCc3ccccc3)nc(N3CCC3)nc2s1. The molecule has 4 nitrogen and oxygen atoms in total. The van der Waals surface area contributed by atoms with Gasteiger partial charge < -0.3 is 10.2 Å². The number of aryl methyl sites for hydroxylation is 2. The van der Waals surface area contributed by atoms with E-state index in [9.17, 15) is 0 Å². The Kier molecular flexibility index (Phi) is 4.34. The van der Waals surface area contributed by atoms with E-state index in [1.165, 1.54) is 16.9 Å². The molecule has 24 heavy (non-hydrogen) atoms. The van der Waals surface area contributed by atoms with Crippen LogP contribution in [-0.2, 0) is 6.42 Å². The van der Waals surface area contributed by atoms with E-state index in [2.05, 4.69) is 53.5 Å². The lowest BCUT2D eigenvalue weighted by atomic mass is 10.1. The summed E-state index contributed by atoms with van der Waals surface area (Å²) in [5.41, 5.74) is 1.39. The van der Waals surface area contributed by atoms with Crippen LogP contribution in [0.2, 0.25) is 0 Å². The molecule has 3 heterocycles. The van der Waals surface area contributed by atoms with E-state index in [1.54, 1.807) is 11.3 Å². The Balaban J connectivity index is 1.47. The van der Waals surface area contributed by atoms with Gasteiger partial charge in [0.15, 0.2) is 0 Å². The van der Waals surface area contributed by atoms with Crippen LogP contribution in [0.1, 0.15) is 23.3 Å². The molecular formula is C19H22N4S. The number of thiophene rings is 1. The number of nitrogens with one attached hydrogen (secondary N) is 1. The van der Waals surface area contributed by atoms with E-state index < -0.39 is 0 Å². The molecule has 124 valence electrons. The van der Waals surface area contributed by atoms with Crippen LogP contribution in [0, 0.1) is 6.92 Å². The summed E-state index contributed by atoms with van der Waals surface area (Å²) < 4.78 is 0. The van der Waals surface area contributed by atoms with E-state index in [0.29, 0.717) is 0 Å². The number of hydrogen-bond acceptors (Lipinski definition) is 5. The number of nitrogens with zero attached hydrogens (tertiary/aromatic N) is 3. The molecule has 1 aromatic carbocycles. The smallest absolute Gasteiger partial charge is 0.228 e. The lowest BCUT2D eigenvalue weighted by Gasteiger charge is -2.31. The first kappa shape index (κ1) is 15.4. The van der Waals surface area contributed by atoms with Gasteiger partial charge in [-0.15, -0.1) is 11.3 Å². The number of rotatable bonds is 6. The number of hydrogen-bond donors (Lipinski definition) is 1. The number of anilines is 2. The van der Waals surface area contributed by atoms with Crippen molar-refractivity contribution in [2.24, 2.45) is 0 Å². The molecule has 3 aromatic rings. The van der Waals surface area contributed by atoms with Crippen molar-refractivity contribution >= 4 is 33.3 Å². The average Bonchev–Trinajstić information content (AvgIpc) is 2.91. The molecule has 0 saturated carbocycles. The Morgan fingerprint density at radius 3 is 2.75 bits per heavy atom. The first-order chi connectivity index (χ1) is 11.8. The Labute approximate surface area is 146 Å². The molecule has 1 aliphatic heterocycles. The molecule has 0 radical (unpaired) electrons. The van der Waals surface area contributed by atoms with Crippen molar-refractivity contribution in [3.05, 3.63) is 46.8 Å². The summed E-state index contributed by atoms with van der Waals surface area (Å²) >= 11 is 1.75. The molecule has 0 unspecified atom stereocenters. The Morgan fingerprint density at radius 1 is 1.17 bits per heavy atom. The molecule has 0 spiro atoms. The first-order valence-electron chi connectivity index (χ1n) is 8.60. The second-order valence-electron chi connectivity index (χ2n) is 6.30. The van der Waals surface area contributed by atoms with Crippen molar-refractivity contribution in [1.82, 2.24) is 9.97 Å². The van der Waals surface area contributed by atoms with Gasteiger partial charge in [-0.25, -0.2) is 4.98 Å². The molecule has 0 amide bonds. The number of benzene rings is 1. The number of fused-ring (bicyclic) bond motifs is 1. The maximum atomic E-state index is 4.79. The Morgan fingerprint density at radius 2 is 2.00 bits per heavy atom. The lowest BCUT2D eigenvalue weighted by molar-refractivity contribution is 0.602. The van der Waals surface area contributed by atoms with Crippen molar-refractivity contribution in [2.45, 2.75) is 26.2 Å². The van der Waals surface area contributed by atoms with Gasteiger partial charge in [0, 0.05) is 24.5 Å². The van der Waals surface area contributed by atoms with Crippen LogP contribution >= 0.6 is 11.3 Å². The zero-order valence-electron chi connectivity index (χ0n) is 14.0.